The van der Waals surface area contributed by atoms with E-state index >= 15 is 0 Å². The molecule has 24 heavy (non-hydrogen) atoms. The molecule has 126 valence electrons. The van der Waals surface area contributed by atoms with Gasteiger partial charge in [-0.15, -0.1) is 0 Å². The average Bonchev–Trinajstić information content (AvgIpc) is 2.54. The van der Waals surface area contributed by atoms with E-state index < -0.39 is 10.8 Å². The van der Waals surface area contributed by atoms with Crippen molar-refractivity contribution in [2.75, 3.05) is 13.7 Å². The highest BCUT2D eigenvalue weighted by Crippen LogP contribution is 2.23. The van der Waals surface area contributed by atoms with Crippen LogP contribution in [-0.4, -0.2) is 24.5 Å². The number of nitro groups is 1. The van der Waals surface area contributed by atoms with Crippen molar-refractivity contribution in [2.24, 2.45) is 0 Å². The smallest absolute Gasteiger partial charge is 0.285 e. The predicted octanol–water partition coefficient (Wildman–Crippen LogP) is 3.19. The van der Waals surface area contributed by atoms with Gasteiger partial charge >= 0.3 is 0 Å². The highest BCUT2D eigenvalue weighted by molar-refractivity contribution is 5.98. The van der Waals surface area contributed by atoms with Gasteiger partial charge in [-0.25, -0.2) is 0 Å². The third-order valence-corrected chi connectivity index (χ3v) is 3.78. The quantitative estimate of drug-likeness (QED) is 0.652. The van der Waals surface area contributed by atoms with Crippen molar-refractivity contribution in [3.63, 3.8) is 0 Å². The van der Waals surface area contributed by atoms with Crippen molar-refractivity contribution in [3.05, 3.63) is 68.8 Å². The molecule has 0 aliphatic rings. The molecular formula is C18H20N2O4. The molecule has 0 saturated carbocycles. The third kappa shape index (κ3) is 3.90. The van der Waals surface area contributed by atoms with Gasteiger partial charge in [0.25, 0.3) is 11.6 Å². The largest absolute Gasteiger partial charge is 0.496 e. The zero-order valence-corrected chi connectivity index (χ0v) is 14.0. The predicted molar refractivity (Wildman–Crippen MR) is 91.6 cm³/mol. The number of nitrogens with zero attached hydrogens (tertiary/aromatic N) is 1. The van der Waals surface area contributed by atoms with E-state index in [0.29, 0.717) is 18.5 Å². The fourth-order valence-electron chi connectivity index (χ4n) is 2.59. The van der Waals surface area contributed by atoms with Crippen molar-refractivity contribution in [3.8, 4) is 5.75 Å². The number of hydrogen-bond acceptors (Lipinski definition) is 4. The lowest BCUT2D eigenvalue weighted by molar-refractivity contribution is -0.385. The number of carbonyl (C=O) groups is 1. The van der Waals surface area contributed by atoms with Crippen LogP contribution in [0.15, 0.2) is 36.4 Å². The van der Waals surface area contributed by atoms with Crippen molar-refractivity contribution in [1.82, 2.24) is 5.32 Å². The minimum Gasteiger partial charge on any atom is -0.496 e. The molecule has 0 aromatic heterocycles. The van der Waals surface area contributed by atoms with E-state index in [2.05, 4.69) is 5.32 Å². The lowest BCUT2D eigenvalue weighted by atomic mass is 10.1. The summed E-state index contributed by atoms with van der Waals surface area (Å²) in [5, 5.41) is 13.9. The summed E-state index contributed by atoms with van der Waals surface area (Å²) in [6, 6.07) is 10.6. The summed E-state index contributed by atoms with van der Waals surface area (Å²) in [5.41, 5.74) is 2.48. The first kappa shape index (κ1) is 17.5. The molecule has 0 aliphatic carbocycles. The van der Waals surface area contributed by atoms with Crippen molar-refractivity contribution < 1.29 is 14.5 Å². The van der Waals surface area contributed by atoms with Gasteiger partial charge in [0.1, 0.15) is 11.3 Å². The molecule has 0 fully saturated rings. The van der Waals surface area contributed by atoms with Crippen LogP contribution < -0.4 is 10.1 Å². The van der Waals surface area contributed by atoms with Gasteiger partial charge < -0.3 is 10.1 Å². The number of rotatable bonds is 6. The van der Waals surface area contributed by atoms with Gasteiger partial charge in [0.2, 0.25) is 0 Å². The minimum atomic E-state index is -0.520. The maximum Gasteiger partial charge on any atom is 0.285 e. The summed E-state index contributed by atoms with van der Waals surface area (Å²) >= 11 is 0. The van der Waals surface area contributed by atoms with Crippen molar-refractivity contribution in [2.45, 2.75) is 20.3 Å². The van der Waals surface area contributed by atoms with Crippen LogP contribution >= 0.6 is 0 Å². The molecule has 2 rings (SSSR count). The Morgan fingerprint density at radius 3 is 2.67 bits per heavy atom. The Kier molecular flexibility index (Phi) is 5.52. The fraction of sp³-hybridized carbons (Fsp3) is 0.278. The lowest BCUT2D eigenvalue weighted by Gasteiger charge is -2.11. The number of ether oxygens (including phenoxy) is 1. The van der Waals surface area contributed by atoms with Gasteiger partial charge in [0.15, 0.2) is 0 Å². The van der Waals surface area contributed by atoms with E-state index in [0.717, 1.165) is 16.9 Å². The second kappa shape index (κ2) is 7.59. The SMILES string of the molecule is COc1ccc(C)cc1CCNC(=O)c1cccc(C)c1[N+](=O)[O-]. The maximum absolute atomic E-state index is 12.3. The van der Waals surface area contributed by atoms with E-state index in [1.54, 1.807) is 26.2 Å². The summed E-state index contributed by atoms with van der Waals surface area (Å²) in [5.74, 6) is 0.313. The van der Waals surface area contributed by atoms with Gasteiger partial charge in [0, 0.05) is 12.1 Å². The first-order chi connectivity index (χ1) is 11.4. The normalized spacial score (nSPS) is 10.3. The average molecular weight is 328 g/mol. The monoisotopic (exact) mass is 328 g/mol. The molecule has 0 saturated heterocycles. The number of para-hydroxylation sites is 1. The van der Waals surface area contributed by atoms with E-state index in [-0.39, 0.29) is 11.3 Å². The molecule has 6 nitrogen and oxygen atoms in total. The zero-order valence-electron chi connectivity index (χ0n) is 14.0. The zero-order chi connectivity index (χ0) is 17.7. The number of aryl methyl sites for hydroxylation is 2. The summed E-state index contributed by atoms with van der Waals surface area (Å²) in [6.07, 6.45) is 0.580. The second-order valence-corrected chi connectivity index (χ2v) is 5.55. The van der Waals surface area contributed by atoms with Crippen molar-refractivity contribution >= 4 is 11.6 Å². The topological polar surface area (TPSA) is 81.5 Å². The van der Waals surface area contributed by atoms with Gasteiger partial charge in [0.05, 0.1) is 12.0 Å². The molecule has 0 spiro atoms. The standard InChI is InChI=1S/C18H20N2O4/c1-12-7-8-16(24-3)14(11-12)9-10-19-18(21)15-6-4-5-13(2)17(15)20(22)23/h4-8,11H,9-10H2,1-3H3,(H,19,21). The molecule has 0 aliphatic heterocycles. The fourth-order valence-corrected chi connectivity index (χ4v) is 2.59. The first-order valence-corrected chi connectivity index (χ1v) is 7.59. The Labute approximate surface area is 140 Å². The van der Waals surface area contributed by atoms with Gasteiger partial charge in [-0.3, -0.25) is 14.9 Å². The molecule has 1 amide bonds. The van der Waals surface area contributed by atoms with Crippen LogP contribution in [0.4, 0.5) is 5.69 Å². The van der Waals surface area contributed by atoms with Gasteiger partial charge in [-0.2, -0.15) is 0 Å². The molecule has 0 bridgehead atoms. The van der Waals surface area contributed by atoms with Crippen LogP contribution in [0.1, 0.15) is 27.0 Å². The molecule has 2 aromatic rings. The summed E-state index contributed by atoms with van der Waals surface area (Å²) in [4.78, 5) is 22.9. The summed E-state index contributed by atoms with van der Waals surface area (Å²) in [7, 11) is 1.60. The lowest BCUT2D eigenvalue weighted by Crippen LogP contribution is -2.26. The Hall–Kier alpha value is -2.89. The summed E-state index contributed by atoms with van der Waals surface area (Å²) in [6.45, 7) is 3.97. The van der Waals surface area contributed by atoms with Crippen LogP contribution in [0.25, 0.3) is 0 Å². The van der Waals surface area contributed by atoms with E-state index in [1.807, 2.05) is 25.1 Å². The molecule has 0 unspecified atom stereocenters. The second-order valence-electron chi connectivity index (χ2n) is 5.55. The number of amides is 1. The molecule has 0 atom stereocenters. The molecular weight excluding hydrogens is 308 g/mol. The Morgan fingerprint density at radius 2 is 2.00 bits per heavy atom. The molecule has 0 heterocycles. The minimum absolute atomic E-state index is 0.0798. The maximum atomic E-state index is 12.3. The van der Waals surface area contributed by atoms with Gasteiger partial charge in [-0.05, 0) is 38.0 Å². The van der Waals surface area contributed by atoms with Crippen LogP contribution in [0.5, 0.6) is 5.75 Å². The summed E-state index contributed by atoms with van der Waals surface area (Å²) < 4.78 is 5.31. The highest BCUT2D eigenvalue weighted by atomic mass is 16.6. The highest BCUT2D eigenvalue weighted by Gasteiger charge is 2.22. The van der Waals surface area contributed by atoms with Crippen LogP contribution in [0.3, 0.4) is 0 Å². The van der Waals surface area contributed by atoms with Gasteiger partial charge in [-0.1, -0.05) is 29.8 Å². The molecule has 2 aromatic carbocycles. The number of hydrogen-bond donors (Lipinski definition) is 1. The van der Waals surface area contributed by atoms with Crippen LogP contribution in [0, 0.1) is 24.0 Å². The number of carbonyl (C=O) groups excluding carboxylic acids is 1. The van der Waals surface area contributed by atoms with E-state index in [4.69, 9.17) is 4.74 Å². The third-order valence-electron chi connectivity index (χ3n) is 3.78. The Bertz CT molecular complexity index is 772. The molecule has 6 heteroatoms. The number of nitrogens with one attached hydrogen (secondary N) is 1. The number of nitro benzene ring substituents is 1. The molecule has 1 N–H and O–H groups in total. The van der Waals surface area contributed by atoms with Crippen molar-refractivity contribution in [1.29, 1.82) is 0 Å². The first-order valence-electron chi connectivity index (χ1n) is 7.59. The molecule has 0 radical (unpaired) electrons. The number of benzene rings is 2. The van der Waals surface area contributed by atoms with Crippen LogP contribution in [-0.2, 0) is 6.42 Å². The Balaban J connectivity index is 2.09. The van der Waals surface area contributed by atoms with E-state index in [9.17, 15) is 14.9 Å². The number of methoxy groups -OCH3 is 1. The van der Waals surface area contributed by atoms with E-state index in [1.165, 1.54) is 6.07 Å². The van der Waals surface area contributed by atoms with Crippen LogP contribution in [0.2, 0.25) is 0 Å². The Morgan fingerprint density at radius 1 is 1.25 bits per heavy atom.